The second-order valence-corrected chi connectivity index (χ2v) is 3.47. The molecule has 0 bridgehead atoms. The molecule has 1 aromatic heterocycles. The van der Waals surface area contributed by atoms with Crippen molar-refractivity contribution in [3.8, 4) is 11.5 Å². The van der Waals surface area contributed by atoms with Crippen molar-refractivity contribution in [2.24, 2.45) is 0 Å². The molecular weight excluding hydrogens is 234 g/mol. The summed E-state index contributed by atoms with van der Waals surface area (Å²) in [4.78, 5) is 14.3. The quantitative estimate of drug-likeness (QED) is 0.771. The summed E-state index contributed by atoms with van der Waals surface area (Å²) in [6, 6.07) is 9.80. The third-order valence-corrected chi connectivity index (χ3v) is 2.09. The molecule has 0 atom stereocenters. The molecule has 6 heteroatoms. The monoisotopic (exact) mass is 245 g/mol. The zero-order valence-corrected chi connectivity index (χ0v) is 9.33. The van der Waals surface area contributed by atoms with Crippen LogP contribution in [0.5, 0.6) is 11.5 Å². The highest BCUT2D eigenvalue weighted by molar-refractivity contribution is 5.82. The molecule has 0 aliphatic heterocycles. The number of hydrogen-bond acceptors (Lipinski definition) is 4. The standard InChI is InChI=1S/C12H11N3O3/c13-11-7-10(5-6-14-11)18-9-3-1-8(2-4-9)15-12(16)17/h1-7,15H,(H2,13,14)(H,16,17). The smallest absolute Gasteiger partial charge is 0.409 e. The van der Waals surface area contributed by atoms with Gasteiger partial charge in [-0.1, -0.05) is 0 Å². The van der Waals surface area contributed by atoms with E-state index in [4.69, 9.17) is 15.6 Å². The second kappa shape index (κ2) is 5.05. The van der Waals surface area contributed by atoms with Crippen LogP contribution in [0.2, 0.25) is 0 Å². The number of carbonyl (C=O) groups is 1. The molecule has 0 saturated heterocycles. The minimum Gasteiger partial charge on any atom is -0.465 e. The van der Waals surface area contributed by atoms with Crippen molar-refractivity contribution in [2.45, 2.75) is 0 Å². The fraction of sp³-hybridized carbons (Fsp3) is 0. The first-order chi connectivity index (χ1) is 8.63. The number of nitrogens with one attached hydrogen (secondary N) is 1. The van der Waals surface area contributed by atoms with E-state index in [9.17, 15) is 4.79 Å². The molecule has 2 rings (SSSR count). The van der Waals surface area contributed by atoms with Crippen molar-refractivity contribution in [3.63, 3.8) is 0 Å². The lowest BCUT2D eigenvalue weighted by atomic mass is 10.3. The summed E-state index contributed by atoms with van der Waals surface area (Å²) >= 11 is 0. The summed E-state index contributed by atoms with van der Waals surface area (Å²) in [7, 11) is 0. The maximum Gasteiger partial charge on any atom is 0.409 e. The highest BCUT2D eigenvalue weighted by Gasteiger charge is 2.00. The first kappa shape index (κ1) is 11.7. The van der Waals surface area contributed by atoms with E-state index < -0.39 is 6.09 Å². The zero-order chi connectivity index (χ0) is 13.0. The maximum absolute atomic E-state index is 10.4. The van der Waals surface area contributed by atoms with Crippen molar-refractivity contribution in [3.05, 3.63) is 42.6 Å². The molecular formula is C12H11N3O3. The Kier molecular flexibility index (Phi) is 3.29. The molecule has 0 radical (unpaired) electrons. The van der Waals surface area contributed by atoms with Gasteiger partial charge in [0.1, 0.15) is 17.3 Å². The van der Waals surface area contributed by atoms with Crippen molar-refractivity contribution >= 4 is 17.6 Å². The number of nitrogen functional groups attached to an aromatic ring is 1. The van der Waals surface area contributed by atoms with Crippen LogP contribution in [0.1, 0.15) is 0 Å². The average molecular weight is 245 g/mol. The highest BCUT2D eigenvalue weighted by Crippen LogP contribution is 2.23. The molecule has 1 aromatic carbocycles. The summed E-state index contributed by atoms with van der Waals surface area (Å²) in [5, 5.41) is 10.8. The number of nitrogens with zero attached hydrogens (tertiary/aromatic N) is 1. The molecule has 92 valence electrons. The van der Waals surface area contributed by atoms with Crippen LogP contribution in [-0.4, -0.2) is 16.2 Å². The predicted molar refractivity (Wildman–Crippen MR) is 66.8 cm³/mol. The number of amides is 1. The van der Waals surface area contributed by atoms with Gasteiger partial charge < -0.3 is 15.6 Å². The van der Waals surface area contributed by atoms with Crippen molar-refractivity contribution in [1.29, 1.82) is 0 Å². The molecule has 0 saturated carbocycles. The van der Waals surface area contributed by atoms with E-state index in [1.807, 2.05) is 0 Å². The van der Waals surface area contributed by atoms with E-state index in [-0.39, 0.29) is 0 Å². The van der Waals surface area contributed by atoms with Crippen molar-refractivity contribution < 1.29 is 14.6 Å². The van der Waals surface area contributed by atoms with Gasteiger partial charge in [0.25, 0.3) is 0 Å². The van der Waals surface area contributed by atoms with Gasteiger partial charge in [-0.15, -0.1) is 0 Å². The molecule has 1 amide bonds. The fourth-order valence-electron chi connectivity index (χ4n) is 1.36. The van der Waals surface area contributed by atoms with Gasteiger partial charge in [-0.3, -0.25) is 5.32 Å². The SMILES string of the molecule is Nc1cc(Oc2ccc(NC(=O)O)cc2)ccn1. The topological polar surface area (TPSA) is 97.5 Å². The molecule has 0 fully saturated rings. The largest absolute Gasteiger partial charge is 0.465 e. The van der Waals surface area contributed by atoms with E-state index in [1.165, 1.54) is 0 Å². The first-order valence-corrected chi connectivity index (χ1v) is 5.13. The molecule has 0 spiro atoms. The summed E-state index contributed by atoms with van der Waals surface area (Å²) in [5.74, 6) is 1.52. The molecule has 0 aliphatic carbocycles. The second-order valence-electron chi connectivity index (χ2n) is 3.47. The number of benzene rings is 1. The Morgan fingerprint density at radius 2 is 1.94 bits per heavy atom. The van der Waals surface area contributed by atoms with E-state index in [0.717, 1.165) is 0 Å². The third-order valence-electron chi connectivity index (χ3n) is 2.09. The number of pyridine rings is 1. The molecule has 4 N–H and O–H groups in total. The average Bonchev–Trinajstić information content (AvgIpc) is 2.31. The van der Waals surface area contributed by atoms with E-state index in [0.29, 0.717) is 23.0 Å². The van der Waals surface area contributed by atoms with Crippen LogP contribution in [0, 0.1) is 0 Å². The van der Waals surface area contributed by atoms with Gasteiger partial charge in [-0.2, -0.15) is 0 Å². The number of anilines is 2. The Bertz CT molecular complexity index is 555. The molecule has 0 unspecified atom stereocenters. The van der Waals surface area contributed by atoms with Crippen LogP contribution < -0.4 is 15.8 Å². The van der Waals surface area contributed by atoms with Gasteiger partial charge in [0.15, 0.2) is 0 Å². The van der Waals surface area contributed by atoms with E-state index >= 15 is 0 Å². The highest BCUT2D eigenvalue weighted by atomic mass is 16.5. The number of ether oxygens (including phenoxy) is 1. The Balaban J connectivity index is 2.08. The van der Waals surface area contributed by atoms with E-state index in [2.05, 4.69) is 10.3 Å². The Labute approximate surface area is 103 Å². The van der Waals surface area contributed by atoms with Gasteiger partial charge in [-0.25, -0.2) is 9.78 Å². The van der Waals surface area contributed by atoms with Gasteiger partial charge in [0.2, 0.25) is 0 Å². The third kappa shape index (κ3) is 3.11. The lowest BCUT2D eigenvalue weighted by molar-refractivity contribution is 0.209. The normalized spacial score (nSPS) is 9.78. The lowest BCUT2D eigenvalue weighted by Crippen LogP contribution is -2.06. The van der Waals surface area contributed by atoms with Crippen LogP contribution >= 0.6 is 0 Å². The number of hydrogen-bond donors (Lipinski definition) is 3. The van der Waals surface area contributed by atoms with Gasteiger partial charge in [-0.05, 0) is 30.3 Å². The summed E-state index contributed by atoms with van der Waals surface area (Å²) in [5.41, 5.74) is 6.00. The Morgan fingerprint density at radius 3 is 2.56 bits per heavy atom. The van der Waals surface area contributed by atoms with Crippen LogP contribution in [-0.2, 0) is 0 Å². The molecule has 0 aliphatic rings. The predicted octanol–water partition coefficient (Wildman–Crippen LogP) is 2.55. The Morgan fingerprint density at radius 1 is 1.22 bits per heavy atom. The van der Waals surface area contributed by atoms with Crippen LogP contribution in [0.25, 0.3) is 0 Å². The molecule has 1 heterocycles. The number of aromatic nitrogens is 1. The Hall–Kier alpha value is -2.76. The van der Waals surface area contributed by atoms with Gasteiger partial charge in [0.05, 0.1) is 0 Å². The maximum atomic E-state index is 10.4. The minimum atomic E-state index is -1.11. The number of carboxylic acid groups (broad SMARTS) is 1. The van der Waals surface area contributed by atoms with E-state index in [1.54, 1.807) is 42.6 Å². The molecule has 2 aromatic rings. The first-order valence-electron chi connectivity index (χ1n) is 5.13. The van der Waals surface area contributed by atoms with Crippen molar-refractivity contribution in [1.82, 2.24) is 4.98 Å². The van der Waals surface area contributed by atoms with Crippen LogP contribution in [0.3, 0.4) is 0 Å². The zero-order valence-electron chi connectivity index (χ0n) is 9.33. The number of rotatable bonds is 3. The minimum absolute atomic E-state index is 0.372. The van der Waals surface area contributed by atoms with Gasteiger partial charge >= 0.3 is 6.09 Å². The summed E-state index contributed by atoms with van der Waals surface area (Å²) in [6.07, 6.45) is 0.441. The summed E-state index contributed by atoms with van der Waals surface area (Å²) < 4.78 is 5.52. The van der Waals surface area contributed by atoms with Crippen molar-refractivity contribution in [2.75, 3.05) is 11.1 Å². The molecule has 6 nitrogen and oxygen atoms in total. The van der Waals surface area contributed by atoms with Gasteiger partial charge in [0, 0.05) is 18.0 Å². The van der Waals surface area contributed by atoms with Crippen LogP contribution in [0.4, 0.5) is 16.3 Å². The number of nitrogens with two attached hydrogens (primary N) is 1. The summed E-state index contributed by atoms with van der Waals surface area (Å²) in [6.45, 7) is 0. The van der Waals surface area contributed by atoms with Crippen LogP contribution in [0.15, 0.2) is 42.6 Å². The molecule has 18 heavy (non-hydrogen) atoms. The lowest BCUT2D eigenvalue weighted by Gasteiger charge is -2.06. The fourth-order valence-corrected chi connectivity index (χ4v) is 1.36.